The van der Waals surface area contributed by atoms with Gasteiger partial charge in [0, 0.05) is 18.2 Å². The smallest absolute Gasteiger partial charge is 0.271 e. The van der Waals surface area contributed by atoms with Gasteiger partial charge in [-0.3, -0.25) is 10.1 Å². The molecule has 0 amide bonds. The standard InChI is InChI=1S/C11H15ClN2O2/c1-3-8(4-2)13-11-7-9(14(15)16)5-6-10(11)12/h5-8,13H,3-4H2,1-2H3. The predicted octanol–water partition coefficient (Wildman–Crippen LogP) is 3.85. The van der Waals surface area contributed by atoms with Crippen molar-refractivity contribution in [3.8, 4) is 0 Å². The third-order valence-electron chi connectivity index (χ3n) is 2.51. The van der Waals surface area contributed by atoms with E-state index in [0.29, 0.717) is 16.8 Å². The summed E-state index contributed by atoms with van der Waals surface area (Å²) >= 11 is 5.97. The fourth-order valence-electron chi connectivity index (χ4n) is 1.45. The van der Waals surface area contributed by atoms with Crippen LogP contribution in [0.25, 0.3) is 0 Å². The Kier molecular flexibility index (Phi) is 4.55. The van der Waals surface area contributed by atoms with Crippen molar-refractivity contribution in [2.45, 2.75) is 32.7 Å². The minimum atomic E-state index is -0.422. The average Bonchev–Trinajstić information content (AvgIpc) is 2.27. The molecule has 0 aromatic heterocycles. The molecular formula is C11H15ClN2O2. The van der Waals surface area contributed by atoms with E-state index in [-0.39, 0.29) is 5.69 Å². The summed E-state index contributed by atoms with van der Waals surface area (Å²) in [5, 5.41) is 14.3. The summed E-state index contributed by atoms with van der Waals surface area (Å²) in [5.41, 5.74) is 0.683. The second kappa shape index (κ2) is 5.70. The Morgan fingerprint density at radius 1 is 1.44 bits per heavy atom. The quantitative estimate of drug-likeness (QED) is 0.630. The summed E-state index contributed by atoms with van der Waals surface area (Å²) in [6.07, 6.45) is 1.91. The lowest BCUT2D eigenvalue weighted by Gasteiger charge is -2.16. The first-order valence-corrected chi connectivity index (χ1v) is 5.66. The van der Waals surface area contributed by atoms with Crippen molar-refractivity contribution < 1.29 is 4.92 Å². The number of nitro groups is 1. The number of nitro benzene ring substituents is 1. The average molecular weight is 243 g/mol. The fourth-order valence-corrected chi connectivity index (χ4v) is 1.62. The maximum absolute atomic E-state index is 10.6. The maximum atomic E-state index is 10.6. The van der Waals surface area contributed by atoms with Crippen molar-refractivity contribution >= 4 is 23.0 Å². The molecule has 0 unspecified atom stereocenters. The van der Waals surface area contributed by atoms with Crippen molar-refractivity contribution in [1.82, 2.24) is 0 Å². The Bertz CT molecular complexity index is 378. The molecule has 1 aromatic rings. The molecule has 0 bridgehead atoms. The molecule has 0 atom stereocenters. The lowest BCUT2D eigenvalue weighted by molar-refractivity contribution is -0.384. The van der Waals surface area contributed by atoms with E-state index in [9.17, 15) is 10.1 Å². The number of benzene rings is 1. The van der Waals surface area contributed by atoms with Gasteiger partial charge in [-0.15, -0.1) is 0 Å². The zero-order valence-electron chi connectivity index (χ0n) is 9.37. The van der Waals surface area contributed by atoms with E-state index in [1.165, 1.54) is 12.1 Å². The first kappa shape index (κ1) is 12.8. The van der Waals surface area contributed by atoms with Crippen molar-refractivity contribution in [2.24, 2.45) is 0 Å². The van der Waals surface area contributed by atoms with Crippen LogP contribution in [0.15, 0.2) is 18.2 Å². The zero-order chi connectivity index (χ0) is 12.1. The molecule has 0 radical (unpaired) electrons. The first-order valence-electron chi connectivity index (χ1n) is 5.29. The third-order valence-corrected chi connectivity index (χ3v) is 2.84. The molecule has 1 N–H and O–H groups in total. The Balaban J connectivity index is 2.93. The van der Waals surface area contributed by atoms with Gasteiger partial charge in [0.2, 0.25) is 0 Å². The van der Waals surface area contributed by atoms with E-state index < -0.39 is 4.92 Å². The number of hydrogen-bond donors (Lipinski definition) is 1. The van der Waals surface area contributed by atoms with E-state index in [1.54, 1.807) is 6.07 Å². The van der Waals surface area contributed by atoms with Crippen molar-refractivity contribution in [3.05, 3.63) is 33.3 Å². The normalized spacial score (nSPS) is 10.5. The van der Waals surface area contributed by atoms with Gasteiger partial charge in [0.1, 0.15) is 0 Å². The van der Waals surface area contributed by atoms with Gasteiger partial charge in [0.15, 0.2) is 0 Å². The van der Waals surface area contributed by atoms with Crippen LogP contribution >= 0.6 is 11.6 Å². The van der Waals surface area contributed by atoms with Gasteiger partial charge in [0.05, 0.1) is 15.6 Å². The Labute approximate surface area is 99.8 Å². The molecule has 1 rings (SSSR count). The molecule has 88 valence electrons. The van der Waals surface area contributed by atoms with Crippen LogP contribution in [0.1, 0.15) is 26.7 Å². The minimum Gasteiger partial charge on any atom is -0.381 e. The van der Waals surface area contributed by atoms with Gasteiger partial charge in [-0.05, 0) is 18.9 Å². The molecule has 0 aliphatic rings. The molecule has 16 heavy (non-hydrogen) atoms. The summed E-state index contributed by atoms with van der Waals surface area (Å²) in [6.45, 7) is 4.12. The van der Waals surface area contributed by atoms with Crippen LogP contribution in [0, 0.1) is 10.1 Å². The molecule has 0 spiro atoms. The highest BCUT2D eigenvalue weighted by Gasteiger charge is 2.11. The molecule has 0 heterocycles. The minimum absolute atomic E-state index is 0.0536. The molecule has 0 aliphatic carbocycles. The number of non-ortho nitro benzene ring substituents is 1. The SMILES string of the molecule is CCC(CC)Nc1cc([N+](=O)[O-])ccc1Cl. The number of hydrogen-bond acceptors (Lipinski definition) is 3. The number of nitrogens with one attached hydrogen (secondary N) is 1. The molecule has 4 nitrogen and oxygen atoms in total. The Morgan fingerprint density at radius 2 is 2.06 bits per heavy atom. The fraction of sp³-hybridized carbons (Fsp3) is 0.455. The van der Waals surface area contributed by atoms with Crippen molar-refractivity contribution in [2.75, 3.05) is 5.32 Å². The summed E-state index contributed by atoms with van der Waals surface area (Å²) in [4.78, 5) is 10.2. The highest BCUT2D eigenvalue weighted by atomic mass is 35.5. The van der Waals surface area contributed by atoms with Crippen LogP contribution in [-0.4, -0.2) is 11.0 Å². The van der Waals surface area contributed by atoms with E-state index in [0.717, 1.165) is 12.8 Å². The molecule has 5 heteroatoms. The number of rotatable bonds is 5. The Morgan fingerprint density at radius 3 is 2.56 bits per heavy atom. The highest BCUT2D eigenvalue weighted by Crippen LogP contribution is 2.27. The van der Waals surface area contributed by atoms with E-state index in [2.05, 4.69) is 19.2 Å². The van der Waals surface area contributed by atoms with Gasteiger partial charge < -0.3 is 5.32 Å². The summed E-state index contributed by atoms with van der Waals surface area (Å²) < 4.78 is 0. The van der Waals surface area contributed by atoms with Crippen molar-refractivity contribution in [3.63, 3.8) is 0 Å². The second-order valence-corrected chi connectivity index (χ2v) is 3.99. The van der Waals surface area contributed by atoms with Crippen LogP contribution in [0.3, 0.4) is 0 Å². The van der Waals surface area contributed by atoms with Crippen LogP contribution in [0.5, 0.6) is 0 Å². The molecule has 0 aliphatic heterocycles. The zero-order valence-corrected chi connectivity index (χ0v) is 10.1. The highest BCUT2D eigenvalue weighted by molar-refractivity contribution is 6.33. The van der Waals surface area contributed by atoms with Crippen LogP contribution in [0.4, 0.5) is 11.4 Å². The van der Waals surface area contributed by atoms with Crippen molar-refractivity contribution in [1.29, 1.82) is 0 Å². The summed E-state index contributed by atoms with van der Waals surface area (Å²) in [6, 6.07) is 4.71. The summed E-state index contributed by atoms with van der Waals surface area (Å²) in [5.74, 6) is 0. The number of anilines is 1. The Hall–Kier alpha value is -1.29. The van der Waals surface area contributed by atoms with Gasteiger partial charge in [-0.25, -0.2) is 0 Å². The van der Waals surface area contributed by atoms with Gasteiger partial charge >= 0.3 is 0 Å². The monoisotopic (exact) mass is 242 g/mol. The molecular weight excluding hydrogens is 228 g/mol. The predicted molar refractivity (Wildman–Crippen MR) is 66.1 cm³/mol. The first-order chi connectivity index (χ1) is 7.58. The second-order valence-electron chi connectivity index (χ2n) is 3.58. The van der Waals surface area contributed by atoms with Crippen LogP contribution in [-0.2, 0) is 0 Å². The van der Waals surface area contributed by atoms with E-state index in [4.69, 9.17) is 11.6 Å². The van der Waals surface area contributed by atoms with E-state index >= 15 is 0 Å². The topological polar surface area (TPSA) is 55.2 Å². The number of halogens is 1. The van der Waals surface area contributed by atoms with Gasteiger partial charge in [-0.2, -0.15) is 0 Å². The lowest BCUT2D eigenvalue weighted by Crippen LogP contribution is -2.17. The molecule has 1 aromatic carbocycles. The van der Waals surface area contributed by atoms with Crippen LogP contribution < -0.4 is 5.32 Å². The summed E-state index contributed by atoms with van der Waals surface area (Å²) in [7, 11) is 0. The maximum Gasteiger partial charge on any atom is 0.271 e. The lowest BCUT2D eigenvalue weighted by atomic mass is 10.1. The van der Waals surface area contributed by atoms with Crippen LogP contribution in [0.2, 0.25) is 5.02 Å². The van der Waals surface area contributed by atoms with Gasteiger partial charge in [-0.1, -0.05) is 25.4 Å². The largest absolute Gasteiger partial charge is 0.381 e. The molecule has 0 saturated carbocycles. The van der Waals surface area contributed by atoms with Gasteiger partial charge in [0.25, 0.3) is 5.69 Å². The number of nitrogens with zero attached hydrogens (tertiary/aromatic N) is 1. The molecule has 0 fully saturated rings. The molecule has 0 saturated heterocycles. The van der Waals surface area contributed by atoms with E-state index in [1.807, 2.05) is 0 Å². The third kappa shape index (κ3) is 3.10.